The van der Waals surface area contributed by atoms with E-state index in [0.717, 1.165) is 43.2 Å². The predicted octanol–water partition coefficient (Wildman–Crippen LogP) is 1.98. The molecule has 0 unspecified atom stereocenters. The standard InChI is InChI=1S/C16H25NO4/c1-5-20-7-6-17-10-14-8-12(2)16(13(3)9-14)21-11-15(18)19-4/h8-9,17H,5-7,10-11H2,1-4H3. The highest BCUT2D eigenvalue weighted by atomic mass is 16.6. The summed E-state index contributed by atoms with van der Waals surface area (Å²) in [7, 11) is 1.35. The van der Waals surface area contributed by atoms with Gasteiger partial charge in [0.2, 0.25) is 0 Å². The Hall–Kier alpha value is -1.59. The lowest BCUT2D eigenvalue weighted by Crippen LogP contribution is -2.19. The Labute approximate surface area is 126 Å². The first-order valence-electron chi connectivity index (χ1n) is 7.16. The van der Waals surface area contributed by atoms with Gasteiger partial charge in [0.05, 0.1) is 13.7 Å². The van der Waals surface area contributed by atoms with Crippen LogP contribution >= 0.6 is 0 Å². The summed E-state index contributed by atoms with van der Waals surface area (Å²) >= 11 is 0. The summed E-state index contributed by atoms with van der Waals surface area (Å²) in [6.45, 7) is 8.94. The van der Waals surface area contributed by atoms with Crippen molar-refractivity contribution in [3.05, 3.63) is 28.8 Å². The Bertz CT molecular complexity index is 437. The Balaban J connectivity index is 2.56. The third-order valence-electron chi connectivity index (χ3n) is 3.04. The van der Waals surface area contributed by atoms with Gasteiger partial charge in [0.1, 0.15) is 5.75 Å². The van der Waals surface area contributed by atoms with E-state index in [1.165, 1.54) is 12.7 Å². The van der Waals surface area contributed by atoms with Crippen molar-refractivity contribution in [3.63, 3.8) is 0 Å². The lowest BCUT2D eigenvalue weighted by Gasteiger charge is -2.14. The van der Waals surface area contributed by atoms with Gasteiger partial charge in [-0.1, -0.05) is 12.1 Å². The third kappa shape index (κ3) is 6.14. The average Bonchev–Trinajstić information content (AvgIpc) is 2.45. The number of hydrogen-bond acceptors (Lipinski definition) is 5. The molecule has 0 aromatic heterocycles. The number of ether oxygens (including phenoxy) is 3. The Morgan fingerprint density at radius 2 is 1.90 bits per heavy atom. The maximum absolute atomic E-state index is 11.1. The molecule has 0 aliphatic carbocycles. The Morgan fingerprint density at radius 3 is 2.48 bits per heavy atom. The molecule has 1 aromatic rings. The van der Waals surface area contributed by atoms with Crippen LogP contribution in [0, 0.1) is 13.8 Å². The van der Waals surface area contributed by atoms with Crippen molar-refractivity contribution in [1.82, 2.24) is 5.32 Å². The van der Waals surface area contributed by atoms with Crippen LogP contribution in [0.1, 0.15) is 23.6 Å². The summed E-state index contributed by atoms with van der Waals surface area (Å²) in [5.41, 5.74) is 3.22. The topological polar surface area (TPSA) is 56.8 Å². The van der Waals surface area contributed by atoms with Gasteiger partial charge in [-0.3, -0.25) is 0 Å². The highest BCUT2D eigenvalue weighted by molar-refractivity contribution is 5.71. The number of methoxy groups -OCH3 is 1. The van der Waals surface area contributed by atoms with Crippen LogP contribution in [0.2, 0.25) is 0 Å². The van der Waals surface area contributed by atoms with Crippen molar-refractivity contribution < 1.29 is 19.0 Å². The third-order valence-corrected chi connectivity index (χ3v) is 3.04. The van der Waals surface area contributed by atoms with Gasteiger partial charge < -0.3 is 19.5 Å². The van der Waals surface area contributed by atoms with E-state index in [0.29, 0.717) is 0 Å². The summed E-state index contributed by atoms with van der Waals surface area (Å²) in [6, 6.07) is 4.13. The first-order chi connectivity index (χ1) is 10.1. The van der Waals surface area contributed by atoms with Crippen molar-refractivity contribution in [2.24, 2.45) is 0 Å². The van der Waals surface area contributed by atoms with E-state index in [1.54, 1.807) is 0 Å². The van der Waals surface area contributed by atoms with Crippen LogP contribution in [0.4, 0.5) is 0 Å². The van der Waals surface area contributed by atoms with Crippen molar-refractivity contribution in [2.45, 2.75) is 27.3 Å². The molecule has 0 aliphatic heterocycles. The average molecular weight is 295 g/mol. The Morgan fingerprint density at radius 1 is 1.24 bits per heavy atom. The van der Waals surface area contributed by atoms with Crippen LogP contribution in [-0.4, -0.2) is 39.4 Å². The van der Waals surface area contributed by atoms with E-state index in [2.05, 4.69) is 22.2 Å². The molecule has 21 heavy (non-hydrogen) atoms. The van der Waals surface area contributed by atoms with Gasteiger partial charge in [-0.2, -0.15) is 0 Å². The minimum absolute atomic E-state index is 0.0653. The number of nitrogens with one attached hydrogen (secondary N) is 1. The largest absolute Gasteiger partial charge is 0.481 e. The quantitative estimate of drug-likeness (QED) is 0.557. The summed E-state index contributed by atoms with van der Waals surface area (Å²) in [5.74, 6) is 0.369. The van der Waals surface area contributed by atoms with E-state index < -0.39 is 0 Å². The molecule has 0 aliphatic rings. The molecule has 5 nitrogen and oxygen atoms in total. The molecule has 0 bridgehead atoms. The van der Waals surface area contributed by atoms with E-state index in [-0.39, 0.29) is 12.6 Å². The zero-order valence-corrected chi connectivity index (χ0v) is 13.3. The van der Waals surface area contributed by atoms with Crippen molar-refractivity contribution >= 4 is 5.97 Å². The molecule has 5 heteroatoms. The highest BCUT2D eigenvalue weighted by Crippen LogP contribution is 2.24. The predicted molar refractivity (Wildman–Crippen MR) is 81.6 cm³/mol. The molecular weight excluding hydrogens is 270 g/mol. The minimum atomic E-state index is -0.379. The molecule has 0 heterocycles. The first kappa shape index (κ1) is 17.5. The molecule has 0 amide bonds. The normalized spacial score (nSPS) is 10.5. The van der Waals surface area contributed by atoms with E-state index in [4.69, 9.17) is 9.47 Å². The maximum Gasteiger partial charge on any atom is 0.343 e. The fourth-order valence-corrected chi connectivity index (χ4v) is 2.08. The van der Waals surface area contributed by atoms with Gasteiger partial charge >= 0.3 is 5.97 Å². The number of esters is 1. The molecule has 0 fully saturated rings. The van der Waals surface area contributed by atoms with Gasteiger partial charge in [-0.15, -0.1) is 0 Å². The van der Waals surface area contributed by atoms with Crippen molar-refractivity contribution in [3.8, 4) is 5.75 Å². The fraction of sp³-hybridized carbons (Fsp3) is 0.562. The molecule has 0 atom stereocenters. The number of benzene rings is 1. The van der Waals surface area contributed by atoms with Gasteiger partial charge in [-0.25, -0.2) is 4.79 Å². The molecule has 118 valence electrons. The molecule has 1 rings (SSSR count). The molecule has 1 aromatic carbocycles. The molecule has 0 radical (unpaired) electrons. The van der Waals surface area contributed by atoms with Crippen LogP contribution < -0.4 is 10.1 Å². The number of carbonyl (C=O) groups excluding carboxylic acids is 1. The SMILES string of the molecule is CCOCCNCc1cc(C)c(OCC(=O)OC)c(C)c1. The zero-order valence-electron chi connectivity index (χ0n) is 13.3. The van der Waals surface area contributed by atoms with Gasteiger partial charge in [0.25, 0.3) is 0 Å². The number of carbonyl (C=O) groups is 1. The highest BCUT2D eigenvalue weighted by Gasteiger charge is 2.09. The van der Waals surface area contributed by atoms with Crippen LogP contribution in [0.15, 0.2) is 12.1 Å². The van der Waals surface area contributed by atoms with Gasteiger partial charge in [0.15, 0.2) is 6.61 Å². The van der Waals surface area contributed by atoms with Crippen molar-refractivity contribution in [2.75, 3.05) is 33.5 Å². The molecular formula is C16H25NO4. The van der Waals surface area contributed by atoms with E-state index >= 15 is 0 Å². The molecule has 0 saturated carbocycles. The summed E-state index contributed by atoms with van der Waals surface area (Å²) in [6.07, 6.45) is 0. The van der Waals surface area contributed by atoms with Crippen LogP contribution in [0.3, 0.4) is 0 Å². The van der Waals surface area contributed by atoms with E-state index in [9.17, 15) is 4.79 Å². The second-order valence-electron chi connectivity index (χ2n) is 4.80. The van der Waals surface area contributed by atoms with Gasteiger partial charge in [-0.05, 0) is 37.5 Å². The number of hydrogen-bond donors (Lipinski definition) is 1. The molecule has 0 saturated heterocycles. The van der Waals surface area contributed by atoms with Crippen molar-refractivity contribution in [1.29, 1.82) is 0 Å². The zero-order chi connectivity index (χ0) is 15.7. The fourth-order valence-electron chi connectivity index (χ4n) is 2.08. The summed E-state index contributed by atoms with van der Waals surface area (Å²) in [4.78, 5) is 11.1. The molecule has 1 N–H and O–H groups in total. The lowest BCUT2D eigenvalue weighted by atomic mass is 10.1. The smallest absolute Gasteiger partial charge is 0.343 e. The van der Waals surface area contributed by atoms with Crippen LogP contribution in [-0.2, 0) is 20.8 Å². The minimum Gasteiger partial charge on any atom is -0.481 e. The second kappa shape index (κ2) is 9.37. The Kier molecular flexibility index (Phi) is 7.79. The maximum atomic E-state index is 11.1. The van der Waals surface area contributed by atoms with Crippen LogP contribution in [0.25, 0.3) is 0 Å². The monoisotopic (exact) mass is 295 g/mol. The second-order valence-corrected chi connectivity index (χ2v) is 4.80. The summed E-state index contributed by atoms with van der Waals surface area (Å²) < 4.78 is 15.4. The van der Waals surface area contributed by atoms with Crippen LogP contribution in [0.5, 0.6) is 5.75 Å². The first-order valence-corrected chi connectivity index (χ1v) is 7.16. The number of rotatable bonds is 9. The number of aryl methyl sites for hydroxylation is 2. The lowest BCUT2D eigenvalue weighted by molar-refractivity contribution is -0.142. The van der Waals surface area contributed by atoms with E-state index in [1.807, 2.05) is 20.8 Å². The summed E-state index contributed by atoms with van der Waals surface area (Å²) in [5, 5.41) is 3.33. The molecule has 0 spiro atoms. The van der Waals surface area contributed by atoms with Gasteiger partial charge in [0, 0.05) is 19.7 Å².